The van der Waals surface area contributed by atoms with Gasteiger partial charge in [-0.2, -0.15) is 4.31 Å². The van der Waals surface area contributed by atoms with Gasteiger partial charge < -0.3 is 9.80 Å². The van der Waals surface area contributed by atoms with Crippen molar-refractivity contribution in [2.24, 2.45) is 0 Å². The summed E-state index contributed by atoms with van der Waals surface area (Å²) >= 11 is 0. The van der Waals surface area contributed by atoms with E-state index in [4.69, 9.17) is 0 Å². The molecule has 1 aromatic rings. The minimum absolute atomic E-state index is 0.0504. The Morgan fingerprint density at radius 2 is 1.92 bits per heavy atom. The number of sulfonamides is 1. The van der Waals surface area contributed by atoms with E-state index in [-0.39, 0.29) is 16.7 Å². The molecule has 2 aliphatic heterocycles. The molecule has 0 spiro atoms. The number of carbonyl (C=O) groups is 2. The van der Waals surface area contributed by atoms with Crippen molar-refractivity contribution in [3.05, 3.63) is 23.8 Å². The molecule has 2 aliphatic rings. The Morgan fingerprint density at radius 3 is 2.56 bits per heavy atom. The van der Waals surface area contributed by atoms with E-state index in [0.717, 1.165) is 11.3 Å². The van der Waals surface area contributed by atoms with Crippen molar-refractivity contribution in [3.63, 3.8) is 0 Å². The highest BCUT2D eigenvalue weighted by Crippen LogP contribution is 2.33. The van der Waals surface area contributed by atoms with E-state index < -0.39 is 16.1 Å². The van der Waals surface area contributed by atoms with Crippen LogP contribution < -0.4 is 4.90 Å². The zero-order chi connectivity index (χ0) is 18.4. The normalized spacial score (nSPS) is 20.6. The summed E-state index contributed by atoms with van der Waals surface area (Å²) in [5, 5.41) is 0. The molecule has 7 nitrogen and oxygen atoms in total. The van der Waals surface area contributed by atoms with Gasteiger partial charge >= 0.3 is 0 Å². The highest BCUT2D eigenvalue weighted by Gasteiger charge is 2.40. The minimum Gasteiger partial charge on any atom is -0.347 e. The lowest BCUT2D eigenvalue weighted by Gasteiger charge is -2.26. The molecule has 0 aliphatic carbocycles. The van der Waals surface area contributed by atoms with Crippen LogP contribution in [-0.2, 0) is 26.0 Å². The standard InChI is InChI=1S/C17H23N3O4S/c1-12(21)19-10-8-13-11-14(6-7-15(13)19)25(23,24)20-9-4-5-16(20)17(22)18(2)3/h6-7,11,16H,4-5,8-10H2,1-3H3. The average Bonchev–Trinajstić information content (AvgIpc) is 3.20. The maximum atomic E-state index is 13.1. The van der Waals surface area contributed by atoms with Crippen LogP contribution in [0.1, 0.15) is 25.3 Å². The van der Waals surface area contributed by atoms with Crippen LogP contribution in [-0.4, -0.2) is 62.7 Å². The van der Waals surface area contributed by atoms with Crippen molar-refractivity contribution >= 4 is 27.5 Å². The molecule has 25 heavy (non-hydrogen) atoms. The molecule has 1 fully saturated rings. The first-order valence-electron chi connectivity index (χ1n) is 8.37. The molecule has 0 aromatic heterocycles. The van der Waals surface area contributed by atoms with E-state index in [1.165, 1.54) is 22.2 Å². The van der Waals surface area contributed by atoms with Crippen LogP contribution in [0, 0.1) is 0 Å². The summed E-state index contributed by atoms with van der Waals surface area (Å²) in [6, 6.07) is 4.23. The van der Waals surface area contributed by atoms with E-state index in [2.05, 4.69) is 0 Å². The van der Waals surface area contributed by atoms with E-state index in [0.29, 0.717) is 32.4 Å². The molecule has 0 bridgehead atoms. The topological polar surface area (TPSA) is 78.0 Å². The fourth-order valence-electron chi connectivity index (χ4n) is 3.57. The number of hydrogen-bond acceptors (Lipinski definition) is 4. The van der Waals surface area contributed by atoms with Gasteiger partial charge in [0.1, 0.15) is 6.04 Å². The molecule has 2 amide bonds. The van der Waals surface area contributed by atoms with E-state index >= 15 is 0 Å². The lowest BCUT2D eigenvalue weighted by molar-refractivity contribution is -0.132. The first kappa shape index (κ1) is 17.9. The average molecular weight is 365 g/mol. The SMILES string of the molecule is CC(=O)N1CCc2cc(S(=O)(=O)N3CCCC3C(=O)N(C)C)ccc21. The number of hydrogen-bond donors (Lipinski definition) is 0. The molecule has 8 heteroatoms. The molecule has 136 valence electrons. The molecule has 1 aromatic carbocycles. The Balaban J connectivity index is 1.93. The van der Waals surface area contributed by atoms with Gasteiger partial charge in [-0.3, -0.25) is 9.59 Å². The summed E-state index contributed by atoms with van der Waals surface area (Å²) in [6.07, 6.45) is 1.85. The Morgan fingerprint density at radius 1 is 1.20 bits per heavy atom. The largest absolute Gasteiger partial charge is 0.347 e. The van der Waals surface area contributed by atoms with Gasteiger partial charge in [-0.15, -0.1) is 0 Å². The maximum Gasteiger partial charge on any atom is 0.243 e. The lowest BCUT2D eigenvalue weighted by atomic mass is 10.2. The number of benzene rings is 1. The van der Waals surface area contributed by atoms with Gasteiger partial charge in [0.25, 0.3) is 0 Å². The van der Waals surface area contributed by atoms with Gasteiger partial charge in [0, 0.05) is 39.8 Å². The molecule has 0 saturated carbocycles. The highest BCUT2D eigenvalue weighted by atomic mass is 32.2. The summed E-state index contributed by atoms with van der Waals surface area (Å²) in [4.78, 5) is 27.2. The molecule has 3 rings (SSSR count). The van der Waals surface area contributed by atoms with Crippen molar-refractivity contribution in [1.82, 2.24) is 9.21 Å². The molecule has 1 saturated heterocycles. The Hall–Kier alpha value is -1.93. The highest BCUT2D eigenvalue weighted by molar-refractivity contribution is 7.89. The first-order chi connectivity index (χ1) is 11.7. The Kier molecular flexibility index (Phi) is 4.59. The summed E-state index contributed by atoms with van der Waals surface area (Å²) < 4.78 is 27.4. The third-order valence-corrected chi connectivity index (χ3v) is 6.77. The van der Waals surface area contributed by atoms with Gasteiger partial charge in [0.15, 0.2) is 0 Å². The van der Waals surface area contributed by atoms with E-state index in [9.17, 15) is 18.0 Å². The number of rotatable bonds is 3. The van der Waals surface area contributed by atoms with Gasteiger partial charge in [0.05, 0.1) is 4.90 Å². The fourth-order valence-corrected chi connectivity index (χ4v) is 5.28. The Bertz CT molecular complexity index is 819. The van der Waals surface area contributed by atoms with Crippen molar-refractivity contribution in [3.8, 4) is 0 Å². The van der Waals surface area contributed by atoms with Crippen LogP contribution in [0.5, 0.6) is 0 Å². The molecule has 2 heterocycles. The van der Waals surface area contributed by atoms with Crippen molar-refractivity contribution in [2.75, 3.05) is 32.1 Å². The first-order valence-corrected chi connectivity index (χ1v) is 9.81. The number of nitrogens with zero attached hydrogens (tertiary/aromatic N) is 3. The minimum atomic E-state index is -3.74. The maximum absolute atomic E-state index is 13.1. The zero-order valence-electron chi connectivity index (χ0n) is 14.7. The predicted molar refractivity (Wildman–Crippen MR) is 93.8 cm³/mol. The zero-order valence-corrected chi connectivity index (χ0v) is 15.5. The number of anilines is 1. The summed E-state index contributed by atoms with van der Waals surface area (Å²) in [5.41, 5.74) is 1.62. The fraction of sp³-hybridized carbons (Fsp3) is 0.529. The monoisotopic (exact) mass is 365 g/mol. The number of amides is 2. The van der Waals surface area contributed by atoms with Crippen molar-refractivity contribution in [1.29, 1.82) is 0 Å². The van der Waals surface area contributed by atoms with E-state index in [1.54, 1.807) is 31.1 Å². The molecular formula is C17H23N3O4S. The number of carbonyl (C=O) groups excluding carboxylic acids is 2. The van der Waals surface area contributed by atoms with Crippen LogP contribution >= 0.6 is 0 Å². The van der Waals surface area contributed by atoms with Gasteiger partial charge in [0.2, 0.25) is 21.8 Å². The van der Waals surface area contributed by atoms with E-state index in [1.807, 2.05) is 0 Å². The molecule has 0 radical (unpaired) electrons. The van der Waals surface area contributed by atoms with Gasteiger partial charge in [-0.05, 0) is 43.0 Å². The van der Waals surface area contributed by atoms with Crippen LogP contribution in [0.4, 0.5) is 5.69 Å². The second kappa shape index (κ2) is 6.42. The van der Waals surface area contributed by atoms with Crippen LogP contribution in [0.3, 0.4) is 0 Å². The quantitative estimate of drug-likeness (QED) is 0.795. The van der Waals surface area contributed by atoms with Gasteiger partial charge in [-0.25, -0.2) is 8.42 Å². The summed E-state index contributed by atoms with van der Waals surface area (Å²) in [7, 11) is -0.471. The number of fused-ring (bicyclic) bond motifs is 1. The number of likely N-dealkylation sites (N-methyl/N-ethyl adjacent to an activating group) is 1. The lowest BCUT2D eigenvalue weighted by Crippen LogP contribution is -2.45. The molecule has 0 N–H and O–H groups in total. The Labute approximate surface area is 148 Å². The summed E-state index contributed by atoms with van der Waals surface area (Å²) in [5.74, 6) is -0.240. The van der Waals surface area contributed by atoms with Crippen LogP contribution in [0.2, 0.25) is 0 Å². The van der Waals surface area contributed by atoms with Crippen molar-refractivity contribution < 1.29 is 18.0 Å². The molecule has 1 unspecified atom stereocenters. The third kappa shape index (κ3) is 3.04. The summed E-state index contributed by atoms with van der Waals surface area (Å²) in [6.45, 7) is 2.42. The van der Waals surface area contributed by atoms with Crippen LogP contribution in [0.25, 0.3) is 0 Å². The van der Waals surface area contributed by atoms with Gasteiger partial charge in [-0.1, -0.05) is 0 Å². The smallest absolute Gasteiger partial charge is 0.243 e. The second-order valence-electron chi connectivity index (χ2n) is 6.72. The van der Waals surface area contributed by atoms with Crippen LogP contribution in [0.15, 0.2) is 23.1 Å². The second-order valence-corrected chi connectivity index (χ2v) is 8.61. The van der Waals surface area contributed by atoms with Crippen molar-refractivity contribution in [2.45, 2.75) is 37.1 Å². The molecular weight excluding hydrogens is 342 g/mol. The molecule has 1 atom stereocenters. The third-order valence-electron chi connectivity index (χ3n) is 4.86. The predicted octanol–water partition coefficient (Wildman–Crippen LogP) is 0.837.